The summed E-state index contributed by atoms with van der Waals surface area (Å²) in [5.41, 5.74) is 2.13. The summed E-state index contributed by atoms with van der Waals surface area (Å²) in [6, 6.07) is 21.4. The highest BCUT2D eigenvalue weighted by Crippen LogP contribution is 2.35. The fourth-order valence-electron chi connectivity index (χ4n) is 2.96. The molecule has 5 nitrogen and oxygen atoms in total. The average Bonchev–Trinajstić information content (AvgIpc) is 3.08. The molecule has 0 amide bonds. The van der Waals surface area contributed by atoms with Crippen LogP contribution in [0.1, 0.15) is 21.5 Å². The Kier molecular flexibility index (Phi) is 5.44. The Hall–Kier alpha value is -4.12. The van der Waals surface area contributed by atoms with E-state index >= 15 is 0 Å². The summed E-state index contributed by atoms with van der Waals surface area (Å²) in [5.74, 6) is 0.862. The molecule has 3 aromatic rings. The first-order valence-electron chi connectivity index (χ1n) is 9.30. The van der Waals surface area contributed by atoms with E-state index in [9.17, 15) is 9.59 Å². The summed E-state index contributed by atoms with van der Waals surface area (Å²) in [6.07, 6.45) is 4.69. The molecule has 30 heavy (non-hydrogen) atoms. The Bertz CT molecular complexity index is 1140. The molecule has 0 saturated heterocycles. The summed E-state index contributed by atoms with van der Waals surface area (Å²) in [5, 5.41) is 0. The summed E-state index contributed by atoms with van der Waals surface area (Å²) < 4.78 is 16.2. The molecule has 148 valence electrons. The van der Waals surface area contributed by atoms with E-state index in [4.69, 9.17) is 14.2 Å². The number of rotatable bonds is 5. The van der Waals surface area contributed by atoms with Gasteiger partial charge >= 0.3 is 5.97 Å². The van der Waals surface area contributed by atoms with Crippen LogP contribution in [0.4, 0.5) is 0 Å². The quantitative estimate of drug-likeness (QED) is 0.346. The predicted molar refractivity (Wildman–Crippen MR) is 113 cm³/mol. The molecule has 0 aromatic heterocycles. The van der Waals surface area contributed by atoms with Gasteiger partial charge in [-0.2, -0.15) is 0 Å². The fraction of sp³-hybridized carbons (Fsp3) is 0.0400. The van der Waals surface area contributed by atoms with Crippen molar-refractivity contribution in [3.8, 4) is 17.2 Å². The van der Waals surface area contributed by atoms with Crippen LogP contribution in [-0.4, -0.2) is 18.9 Å². The monoisotopic (exact) mass is 398 g/mol. The number of hydrogen-bond donors (Lipinski definition) is 0. The van der Waals surface area contributed by atoms with E-state index in [1.807, 2.05) is 42.5 Å². The van der Waals surface area contributed by atoms with Gasteiger partial charge in [-0.15, -0.1) is 0 Å². The van der Waals surface area contributed by atoms with Gasteiger partial charge in [0.25, 0.3) is 0 Å². The molecule has 0 unspecified atom stereocenters. The molecule has 0 aliphatic carbocycles. The lowest BCUT2D eigenvalue weighted by molar-refractivity contribution is -0.128. The van der Waals surface area contributed by atoms with E-state index in [-0.39, 0.29) is 11.5 Å². The Morgan fingerprint density at radius 3 is 2.37 bits per heavy atom. The highest BCUT2D eigenvalue weighted by molar-refractivity contribution is 6.14. The number of methoxy groups -OCH3 is 1. The lowest BCUT2D eigenvalue weighted by Crippen LogP contribution is -2.03. The molecule has 0 radical (unpaired) electrons. The van der Waals surface area contributed by atoms with Crippen molar-refractivity contribution < 1.29 is 23.8 Å². The molecule has 5 heteroatoms. The standard InChI is InChI=1S/C25H18O5/c1-28-19-10-7-18(8-11-19)15-23-25(27)21-13-12-20(16-22(21)30-23)29-24(26)14-9-17-5-3-2-4-6-17/h2-16H,1H3. The molecule has 0 fully saturated rings. The molecule has 0 saturated carbocycles. The fourth-order valence-corrected chi connectivity index (χ4v) is 2.96. The Morgan fingerprint density at radius 2 is 1.63 bits per heavy atom. The van der Waals surface area contributed by atoms with Crippen LogP contribution in [0.2, 0.25) is 0 Å². The Morgan fingerprint density at radius 1 is 0.900 bits per heavy atom. The third-order valence-electron chi connectivity index (χ3n) is 4.48. The number of Topliss-reactive ketones (excluding diaryl/α,β-unsaturated/α-hetero) is 1. The van der Waals surface area contributed by atoms with Crippen molar-refractivity contribution in [3.63, 3.8) is 0 Å². The second-order valence-electron chi connectivity index (χ2n) is 6.54. The molecule has 1 aliphatic heterocycles. The summed E-state index contributed by atoms with van der Waals surface area (Å²) in [7, 11) is 1.59. The van der Waals surface area contributed by atoms with Gasteiger partial charge in [0.05, 0.1) is 12.7 Å². The first-order valence-corrected chi connectivity index (χ1v) is 9.30. The molecule has 0 bridgehead atoms. The van der Waals surface area contributed by atoms with Crippen molar-refractivity contribution in [2.24, 2.45) is 0 Å². The minimum atomic E-state index is -0.517. The normalized spacial score (nSPS) is 13.9. The van der Waals surface area contributed by atoms with Crippen LogP contribution in [0, 0.1) is 0 Å². The van der Waals surface area contributed by atoms with Crippen molar-refractivity contribution in [1.82, 2.24) is 0 Å². The Labute approximate surface area is 173 Å². The van der Waals surface area contributed by atoms with Crippen molar-refractivity contribution in [2.45, 2.75) is 0 Å². The number of carbonyl (C=O) groups excluding carboxylic acids is 2. The van der Waals surface area contributed by atoms with E-state index in [0.29, 0.717) is 17.1 Å². The van der Waals surface area contributed by atoms with E-state index in [0.717, 1.165) is 16.9 Å². The molecular weight excluding hydrogens is 380 g/mol. The zero-order valence-electron chi connectivity index (χ0n) is 16.2. The minimum absolute atomic E-state index is 0.211. The van der Waals surface area contributed by atoms with Crippen LogP contribution in [0.25, 0.3) is 12.2 Å². The molecule has 1 aliphatic rings. The van der Waals surface area contributed by atoms with Crippen molar-refractivity contribution >= 4 is 23.9 Å². The number of ketones is 1. The molecule has 1 heterocycles. The van der Waals surface area contributed by atoms with E-state index in [1.165, 1.54) is 12.1 Å². The third-order valence-corrected chi connectivity index (χ3v) is 4.48. The number of fused-ring (bicyclic) bond motifs is 1. The van der Waals surface area contributed by atoms with Crippen LogP contribution in [0.3, 0.4) is 0 Å². The molecule has 0 spiro atoms. The molecule has 4 rings (SSSR count). The maximum Gasteiger partial charge on any atom is 0.336 e. The summed E-state index contributed by atoms with van der Waals surface area (Å²) in [4.78, 5) is 24.6. The third kappa shape index (κ3) is 4.31. The smallest absolute Gasteiger partial charge is 0.336 e. The molecular formula is C25H18O5. The van der Waals surface area contributed by atoms with Crippen LogP contribution >= 0.6 is 0 Å². The van der Waals surface area contributed by atoms with Crippen molar-refractivity contribution in [2.75, 3.05) is 7.11 Å². The zero-order valence-corrected chi connectivity index (χ0v) is 16.2. The first kappa shape index (κ1) is 19.2. The maximum atomic E-state index is 12.6. The summed E-state index contributed by atoms with van der Waals surface area (Å²) >= 11 is 0. The van der Waals surface area contributed by atoms with Crippen LogP contribution < -0.4 is 14.2 Å². The first-order chi connectivity index (χ1) is 14.6. The van der Waals surface area contributed by atoms with Gasteiger partial charge in [-0.05, 0) is 47.5 Å². The minimum Gasteiger partial charge on any atom is -0.497 e. The number of hydrogen-bond acceptors (Lipinski definition) is 5. The number of carbonyl (C=O) groups is 2. The molecule has 0 N–H and O–H groups in total. The van der Waals surface area contributed by atoms with Crippen molar-refractivity contribution in [1.29, 1.82) is 0 Å². The van der Waals surface area contributed by atoms with Gasteiger partial charge in [-0.1, -0.05) is 42.5 Å². The zero-order chi connectivity index (χ0) is 20.9. The predicted octanol–water partition coefficient (Wildman–Crippen LogP) is 4.93. The number of allylic oxidation sites excluding steroid dienone is 1. The van der Waals surface area contributed by atoms with Gasteiger partial charge in [-0.25, -0.2) is 4.79 Å². The number of benzene rings is 3. The van der Waals surface area contributed by atoms with Crippen molar-refractivity contribution in [3.05, 3.63) is 101 Å². The van der Waals surface area contributed by atoms with Gasteiger partial charge < -0.3 is 14.2 Å². The molecule has 0 atom stereocenters. The molecule has 3 aromatic carbocycles. The number of esters is 1. The van der Waals surface area contributed by atoms with Gasteiger partial charge in [-0.3, -0.25) is 4.79 Å². The lowest BCUT2D eigenvalue weighted by Gasteiger charge is -2.03. The Balaban J connectivity index is 1.47. The van der Waals surface area contributed by atoms with Crippen LogP contribution in [0.5, 0.6) is 17.2 Å². The van der Waals surface area contributed by atoms with Gasteiger partial charge in [0.2, 0.25) is 5.78 Å². The maximum absolute atomic E-state index is 12.6. The number of ether oxygens (including phenoxy) is 3. The average molecular weight is 398 g/mol. The van der Waals surface area contributed by atoms with E-state index < -0.39 is 5.97 Å². The SMILES string of the molecule is COc1ccc(C=C2Oc3cc(OC(=O)C=Cc4ccccc4)ccc3C2=O)cc1. The second kappa shape index (κ2) is 8.49. The second-order valence-corrected chi connectivity index (χ2v) is 6.54. The van der Waals surface area contributed by atoms with Crippen LogP contribution in [0.15, 0.2) is 84.6 Å². The highest BCUT2D eigenvalue weighted by Gasteiger charge is 2.27. The van der Waals surface area contributed by atoms with Gasteiger partial charge in [0.1, 0.15) is 17.2 Å². The topological polar surface area (TPSA) is 61.8 Å². The van der Waals surface area contributed by atoms with Crippen LogP contribution in [-0.2, 0) is 4.79 Å². The van der Waals surface area contributed by atoms with E-state index in [1.54, 1.807) is 43.5 Å². The van der Waals surface area contributed by atoms with Gasteiger partial charge in [0.15, 0.2) is 5.76 Å². The summed E-state index contributed by atoms with van der Waals surface area (Å²) in [6.45, 7) is 0. The highest BCUT2D eigenvalue weighted by atomic mass is 16.5. The van der Waals surface area contributed by atoms with Gasteiger partial charge in [0, 0.05) is 12.1 Å². The largest absolute Gasteiger partial charge is 0.497 e. The van der Waals surface area contributed by atoms with E-state index in [2.05, 4.69) is 0 Å². The lowest BCUT2D eigenvalue weighted by atomic mass is 10.1.